The van der Waals surface area contributed by atoms with Gasteiger partial charge in [0.25, 0.3) is 5.56 Å². The molecule has 2 N–H and O–H groups in total. The smallest absolute Gasteiger partial charge is 0.328 e. The van der Waals surface area contributed by atoms with Gasteiger partial charge in [0, 0.05) is 18.0 Å². The van der Waals surface area contributed by atoms with E-state index in [0.717, 1.165) is 6.08 Å². The van der Waals surface area contributed by atoms with Crippen molar-refractivity contribution in [3.63, 3.8) is 0 Å². The van der Waals surface area contributed by atoms with Crippen LogP contribution in [0.15, 0.2) is 59.4 Å². The minimum absolute atomic E-state index is 0.273. The van der Waals surface area contributed by atoms with Gasteiger partial charge in [-0.25, -0.2) is 9.78 Å². The van der Waals surface area contributed by atoms with E-state index in [9.17, 15) is 14.9 Å². The number of fused-ring (bicyclic) bond motifs is 3. The van der Waals surface area contributed by atoms with Gasteiger partial charge in [0.05, 0.1) is 21.8 Å². The summed E-state index contributed by atoms with van der Waals surface area (Å²) < 4.78 is 1.46. The summed E-state index contributed by atoms with van der Waals surface area (Å²) in [6, 6.07) is 16.5. The van der Waals surface area contributed by atoms with E-state index in [-0.39, 0.29) is 5.56 Å². The van der Waals surface area contributed by atoms with Crippen LogP contribution in [0.25, 0.3) is 29.0 Å². The van der Waals surface area contributed by atoms with Crippen LogP contribution in [-0.4, -0.2) is 20.5 Å². The van der Waals surface area contributed by atoms with E-state index in [0.29, 0.717) is 44.3 Å². The lowest BCUT2D eigenvalue weighted by Gasteiger charge is -2.05. The number of nitrogens with one attached hydrogen (secondary N) is 1. The number of carboxylic acid groups (broad SMARTS) is 1. The van der Waals surface area contributed by atoms with Gasteiger partial charge in [0.15, 0.2) is 5.65 Å². The summed E-state index contributed by atoms with van der Waals surface area (Å²) in [4.78, 5) is 28.4. The van der Waals surface area contributed by atoms with Gasteiger partial charge in [-0.2, -0.15) is 5.26 Å². The normalized spacial score (nSPS) is 11.9. The molecule has 0 radical (unpaired) electrons. The highest BCUT2D eigenvalue weighted by Gasteiger charge is 2.15. The molecule has 0 fully saturated rings. The van der Waals surface area contributed by atoms with E-state index in [1.165, 1.54) is 10.5 Å². The molecule has 0 saturated heterocycles. The van der Waals surface area contributed by atoms with Gasteiger partial charge in [-0.3, -0.25) is 9.20 Å². The lowest BCUT2D eigenvalue weighted by Crippen LogP contribution is -2.34. The van der Waals surface area contributed by atoms with Crippen LogP contribution >= 0.6 is 0 Å². The number of benzene rings is 2. The predicted octanol–water partition coefficient (Wildman–Crippen LogP) is 2.69. The van der Waals surface area contributed by atoms with E-state index in [2.05, 4.69) is 16.4 Å². The molecule has 4 rings (SSSR count). The minimum Gasteiger partial charge on any atom is -0.478 e. The number of carboxylic acids is 1. The number of carbonyl (C=O) groups is 1. The quantitative estimate of drug-likeness (QED) is 0.514. The third-order valence-corrected chi connectivity index (χ3v) is 4.80. The van der Waals surface area contributed by atoms with Crippen molar-refractivity contribution >= 4 is 40.6 Å². The second-order valence-electron chi connectivity index (χ2n) is 6.68. The Morgan fingerprint density at radius 2 is 2.03 bits per heavy atom. The van der Waals surface area contributed by atoms with E-state index in [1.54, 1.807) is 49.5 Å². The third kappa shape index (κ3) is 3.27. The first-order valence-electron chi connectivity index (χ1n) is 9.11. The molecule has 2 aromatic heterocycles. The number of rotatable bonds is 4. The SMILES string of the molecule is Cc1c(C#N)c2nc3ccccc3n2c(=O)c1=CNc1cccc(C=CC(=O)O)c1. The summed E-state index contributed by atoms with van der Waals surface area (Å²) >= 11 is 0. The average Bonchev–Trinajstić information content (AvgIpc) is 3.12. The topological polar surface area (TPSA) is 107 Å². The number of hydrogen-bond donors (Lipinski definition) is 2. The van der Waals surface area contributed by atoms with Crippen LogP contribution in [0.2, 0.25) is 0 Å². The fraction of sp³-hybridized carbons (Fsp3) is 0.0435. The van der Waals surface area contributed by atoms with Crippen LogP contribution in [-0.2, 0) is 4.79 Å². The van der Waals surface area contributed by atoms with Crippen molar-refractivity contribution in [2.24, 2.45) is 0 Å². The maximum atomic E-state index is 13.2. The van der Waals surface area contributed by atoms with Crippen molar-refractivity contribution < 1.29 is 9.90 Å². The molecule has 0 aliphatic heterocycles. The largest absolute Gasteiger partial charge is 0.478 e. The van der Waals surface area contributed by atoms with E-state index < -0.39 is 5.97 Å². The Hall–Kier alpha value is -4.44. The molecule has 0 amide bonds. The summed E-state index contributed by atoms with van der Waals surface area (Å²) in [5.41, 5.74) is 3.62. The Morgan fingerprint density at radius 3 is 2.80 bits per heavy atom. The van der Waals surface area contributed by atoms with Gasteiger partial charge in [0.2, 0.25) is 0 Å². The number of nitrogens with zero attached hydrogens (tertiary/aromatic N) is 3. The standard InChI is InChI=1S/C23H16N4O3/c1-14-17(12-24)22-26-19-7-2-3-8-20(19)27(22)23(30)18(14)13-25-16-6-4-5-15(11-16)9-10-21(28)29/h2-11,13,25H,1H3,(H,28,29). The maximum Gasteiger partial charge on any atom is 0.328 e. The fourth-order valence-electron chi connectivity index (χ4n) is 3.34. The molecule has 7 heteroatoms. The highest BCUT2D eigenvalue weighted by Crippen LogP contribution is 2.18. The Labute approximate surface area is 170 Å². The van der Waals surface area contributed by atoms with Crippen LogP contribution in [0.1, 0.15) is 16.7 Å². The van der Waals surface area contributed by atoms with E-state index >= 15 is 0 Å². The van der Waals surface area contributed by atoms with Crippen LogP contribution in [0.5, 0.6) is 0 Å². The average molecular weight is 396 g/mol. The molecule has 0 unspecified atom stereocenters. The molecule has 0 spiro atoms. The molecule has 2 aromatic carbocycles. The zero-order valence-electron chi connectivity index (χ0n) is 16.0. The molecule has 0 aliphatic carbocycles. The highest BCUT2D eigenvalue weighted by molar-refractivity contribution is 5.85. The minimum atomic E-state index is -1.03. The second kappa shape index (κ2) is 7.53. The van der Waals surface area contributed by atoms with Gasteiger partial charge < -0.3 is 10.4 Å². The summed E-state index contributed by atoms with van der Waals surface area (Å²) in [7, 11) is 0. The molecule has 0 aliphatic rings. The monoisotopic (exact) mass is 396 g/mol. The van der Waals surface area contributed by atoms with Gasteiger partial charge >= 0.3 is 5.97 Å². The second-order valence-corrected chi connectivity index (χ2v) is 6.68. The van der Waals surface area contributed by atoms with Crippen molar-refractivity contribution in [2.75, 3.05) is 5.32 Å². The number of imidazole rings is 1. The highest BCUT2D eigenvalue weighted by atomic mass is 16.4. The summed E-state index contributed by atoms with van der Waals surface area (Å²) in [5.74, 6) is -1.03. The molecule has 0 bridgehead atoms. The Kier molecular flexibility index (Phi) is 4.74. The van der Waals surface area contributed by atoms with Gasteiger partial charge in [0.1, 0.15) is 6.07 Å². The summed E-state index contributed by atoms with van der Waals surface area (Å²) in [6.45, 7) is 1.72. The first-order chi connectivity index (χ1) is 14.5. The van der Waals surface area contributed by atoms with Crippen molar-refractivity contribution in [3.05, 3.63) is 86.9 Å². The molecular formula is C23H16N4O3. The molecule has 0 saturated carbocycles. The lowest BCUT2D eigenvalue weighted by molar-refractivity contribution is -0.131. The van der Waals surface area contributed by atoms with E-state index in [4.69, 9.17) is 5.11 Å². The molecule has 0 atom stereocenters. The van der Waals surface area contributed by atoms with Gasteiger partial charge in [-0.1, -0.05) is 24.3 Å². The van der Waals surface area contributed by atoms with Crippen LogP contribution < -0.4 is 16.1 Å². The number of aromatic nitrogens is 2. The number of anilines is 1. The summed E-state index contributed by atoms with van der Waals surface area (Å²) in [5, 5.41) is 21.9. The molecule has 4 aromatic rings. The van der Waals surface area contributed by atoms with Crippen LogP contribution in [0.4, 0.5) is 5.69 Å². The number of para-hydroxylation sites is 2. The Balaban J connectivity index is 1.87. The first kappa shape index (κ1) is 18.9. The molecule has 30 heavy (non-hydrogen) atoms. The van der Waals surface area contributed by atoms with Gasteiger partial charge in [-0.05, 0) is 48.4 Å². The molecular weight excluding hydrogens is 380 g/mol. The number of pyridine rings is 1. The Morgan fingerprint density at radius 1 is 1.23 bits per heavy atom. The number of nitriles is 1. The molecule has 2 heterocycles. The van der Waals surface area contributed by atoms with Crippen molar-refractivity contribution in [1.82, 2.24) is 9.38 Å². The van der Waals surface area contributed by atoms with Gasteiger partial charge in [-0.15, -0.1) is 0 Å². The predicted molar refractivity (Wildman–Crippen MR) is 115 cm³/mol. The number of aliphatic carboxylic acids is 1. The third-order valence-electron chi connectivity index (χ3n) is 4.80. The lowest BCUT2D eigenvalue weighted by atomic mass is 10.1. The number of hydrogen-bond acceptors (Lipinski definition) is 5. The Bertz CT molecular complexity index is 1490. The van der Waals surface area contributed by atoms with Crippen LogP contribution in [0.3, 0.4) is 0 Å². The maximum absolute atomic E-state index is 13.2. The molecule has 146 valence electrons. The zero-order chi connectivity index (χ0) is 21.3. The van der Waals surface area contributed by atoms with Crippen molar-refractivity contribution in [1.29, 1.82) is 5.26 Å². The van der Waals surface area contributed by atoms with Crippen molar-refractivity contribution in [2.45, 2.75) is 6.92 Å². The summed E-state index contributed by atoms with van der Waals surface area (Å²) in [6.07, 6.45) is 4.10. The fourth-order valence-corrected chi connectivity index (χ4v) is 3.34. The van der Waals surface area contributed by atoms with Crippen LogP contribution in [0, 0.1) is 18.3 Å². The first-order valence-corrected chi connectivity index (χ1v) is 9.11. The molecule has 7 nitrogen and oxygen atoms in total. The van der Waals surface area contributed by atoms with Crippen molar-refractivity contribution in [3.8, 4) is 6.07 Å². The van der Waals surface area contributed by atoms with E-state index in [1.807, 2.05) is 12.1 Å². The zero-order valence-corrected chi connectivity index (χ0v) is 16.0.